The molecule has 4 nitrogen and oxygen atoms in total. The summed E-state index contributed by atoms with van der Waals surface area (Å²) in [6, 6.07) is 18.7. The first-order chi connectivity index (χ1) is 11.6. The third kappa shape index (κ3) is 4.17. The summed E-state index contributed by atoms with van der Waals surface area (Å²) in [7, 11) is 4.12. The average Bonchev–Trinajstić information content (AvgIpc) is 2.92. The van der Waals surface area contributed by atoms with Crippen molar-refractivity contribution < 1.29 is 0 Å². The van der Waals surface area contributed by atoms with Gasteiger partial charge in [0.25, 0.3) is 0 Å². The van der Waals surface area contributed by atoms with Gasteiger partial charge in [0.05, 0.1) is 5.69 Å². The molecule has 124 valence electrons. The fourth-order valence-electron chi connectivity index (χ4n) is 2.57. The maximum absolute atomic E-state index is 4.42. The van der Waals surface area contributed by atoms with Gasteiger partial charge in [0.1, 0.15) is 0 Å². The number of allylic oxidation sites excluding steroid dienone is 1. The second-order valence-corrected chi connectivity index (χ2v) is 7.22. The standard InChI is InChI=1S/C19H22N4S/c1-15-13-23(3)19(24-15)21-20-17-9-11-18(12-10-17)22(2)14-16-7-5-4-6-8-16/h4-13,19H,14H2,1-3H3. The van der Waals surface area contributed by atoms with Crippen molar-refractivity contribution in [2.45, 2.75) is 19.0 Å². The molecule has 1 unspecified atom stereocenters. The lowest BCUT2D eigenvalue weighted by molar-refractivity contribution is 0.436. The van der Waals surface area contributed by atoms with Crippen LogP contribution in [0.2, 0.25) is 0 Å². The van der Waals surface area contributed by atoms with Gasteiger partial charge in [-0.3, -0.25) is 0 Å². The average molecular weight is 338 g/mol. The zero-order valence-corrected chi connectivity index (χ0v) is 15.1. The largest absolute Gasteiger partial charge is 0.370 e. The molecule has 0 aliphatic carbocycles. The first-order valence-corrected chi connectivity index (χ1v) is 8.83. The molecule has 0 N–H and O–H groups in total. The fraction of sp³-hybridized carbons (Fsp3) is 0.263. The zero-order chi connectivity index (χ0) is 16.9. The molecule has 0 radical (unpaired) electrons. The lowest BCUT2D eigenvalue weighted by Crippen LogP contribution is -2.16. The van der Waals surface area contributed by atoms with Crippen molar-refractivity contribution in [2.75, 3.05) is 19.0 Å². The van der Waals surface area contributed by atoms with Crippen LogP contribution in [0.25, 0.3) is 0 Å². The molecule has 1 heterocycles. The lowest BCUT2D eigenvalue weighted by atomic mass is 10.2. The summed E-state index contributed by atoms with van der Waals surface area (Å²) in [5.41, 5.74) is 3.39. The Morgan fingerprint density at radius 2 is 1.79 bits per heavy atom. The number of thioether (sulfide) groups is 1. The Labute approximate surface area is 147 Å². The summed E-state index contributed by atoms with van der Waals surface area (Å²) in [5, 5.41) is 8.78. The summed E-state index contributed by atoms with van der Waals surface area (Å²) in [5.74, 6) is 0. The van der Waals surface area contributed by atoms with Crippen molar-refractivity contribution in [1.82, 2.24) is 4.90 Å². The van der Waals surface area contributed by atoms with E-state index in [2.05, 4.69) is 76.6 Å². The highest BCUT2D eigenvalue weighted by atomic mass is 32.2. The highest BCUT2D eigenvalue weighted by molar-refractivity contribution is 8.03. The number of anilines is 1. The molecule has 0 fully saturated rings. The van der Waals surface area contributed by atoms with Crippen molar-refractivity contribution in [3.8, 4) is 0 Å². The molecule has 5 heteroatoms. The molecule has 2 aromatic rings. The smallest absolute Gasteiger partial charge is 0.193 e. The van der Waals surface area contributed by atoms with Crippen molar-refractivity contribution in [1.29, 1.82) is 0 Å². The van der Waals surface area contributed by atoms with E-state index in [0.717, 1.165) is 12.2 Å². The molecule has 0 bridgehead atoms. The SMILES string of the molecule is CC1=CN(C)C(N=Nc2ccc(N(C)Cc3ccccc3)cc2)S1. The van der Waals surface area contributed by atoms with Gasteiger partial charge < -0.3 is 9.80 Å². The third-order valence-corrected chi connectivity index (χ3v) is 4.97. The second kappa shape index (κ2) is 7.53. The normalized spacial score (nSPS) is 17.4. The Hall–Kier alpha value is -2.27. The van der Waals surface area contributed by atoms with E-state index in [0.29, 0.717) is 0 Å². The molecule has 2 aromatic carbocycles. The van der Waals surface area contributed by atoms with E-state index in [4.69, 9.17) is 0 Å². The van der Waals surface area contributed by atoms with Gasteiger partial charge in [-0.2, -0.15) is 10.2 Å². The van der Waals surface area contributed by atoms with E-state index in [-0.39, 0.29) is 5.50 Å². The maximum atomic E-state index is 4.42. The summed E-state index contributed by atoms with van der Waals surface area (Å²) < 4.78 is 0. The van der Waals surface area contributed by atoms with Gasteiger partial charge in [-0.05, 0) is 36.8 Å². The molecule has 0 saturated heterocycles. The molecule has 1 aliphatic rings. The van der Waals surface area contributed by atoms with Crippen LogP contribution in [0.5, 0.6) is 0 Å². The third-order valence-electron chi connectivity index (χ3n) is 3.85. The van der Waals surface area contributed by atoms with Gasteiger partial charge in [-0.25, -0.2) is 0 Å². The Morgan fingerprint density at radius 3 is 2.42 bits per heavy atom. The summed E-state index contributed by atoms with van der Waals surface area (Å²) in [6.45, 7) is 2.98. The van der Waals surface area contributed by atoms with Gasteiger partial charge in [-0.1, -0.05) is 42.1 Å². The number of azo groups is 1. The number of rotatable bonds is 5. The monoisotopic (exact) mass is 338 g/mol. The minimum atomic E-state index is 0.0467. The van der Waals surface area contributed by atoms with Crippen molar-refractivity contribution in [3.05, 3.63) is 71.3 Å². The van der Waals surface area contributed by atoms with Gasteiger partial charge in [0, 0.05) is 37.4 Å². The Morgan fingerprint density at radius 1 is 1.08 bits per heavy atom. The van der Waals surface area contributed by atoms with E-state index in [9.17, 15) is 0 Å². The summed E-state index contributed by atoms with van der Waals surface area (Å²) >= 11 is 1.72. The summed E-state index contributed by atoms with van der Waals surface area (Å²) in [6.07, 6.45) is 2.09. The highest BCUT2D eigenvalue weighted by Gasteiger charge is 2.19. The van der Waals surface area contributed by atoms with Crippen molar-refractivity contribution in [3.63, 3.8) is 0 Å². The van der Waals surface area contributed by atoms with Crippen LogP contribution in [-0.4, -0.2) is 24.5 Å². The molecule has 24 heavy (non-hydrogen) atoms. The van der Waals surface area contributed by atoms with Gasteiger partial charge in [-0.15, -0.1) is 0 Å². The molecule has 3 rings (SSSR count). The Bertz CT molecular complexity index is 725. The fourth-order valence-corrected chi connectivity index (χ4v) is 3.45. The second-order valence-electron chi connectivity index (χ2n) is 5.92. The predicted octanol–water partition coefficient (Wildman–Crippen LogP) is 5.23. The number of nitrogens with zero attached hydrogens (tertiary/aromatic N) is 4. The quantitative estimate of drug-likeness (QED) is 0.700. The predicted molar refractivity (Wildman–Crippen MR) is 102 cm³/mol. The maximum Gasteiger partial charge on any atom is 0.193 e. The molecule has 0 saturated carbocycles. The molecule has 0 spiro atoms. The van der Waals surface area contributed by atoms with Crippen LogP contribution in [0.3, 0.4) is 0 Å². The molecular weight excluding hydrogens is 316 g/mol. The van der Waals surface area contributed by atoms with Crippen LogP contribution < -0.4 is 4.90 Å². The highest BCUT2D eigenvalue weighted by Crippen LogP contribution is 2.32. The van der Waals surface area contributed by atoms with Crippen LogP contribution in [0.15, 0.2) is 75.9 Å². The topological polar surface area (TPSA) is 31.2 Å². The zero-order valence-electron chi connectivity index (χ0n) is 14.3. The lowest BCUT2D eigenvalue weighted by Gasteiger charge is -2.19. The summed E-state index contributed by atoms with van der Waals surface area (Å²) in [4.78, 5) is 5.56. The molecule has 1 atom stereocenters. The minimum Gasteiger partial charge on any atom is -0.370 e. The molecular formula is C19H22N4S. The first kappa shape index (κ1) is 16.6. The molecule has 0 aromatic heterocycles. The van der Waals surface area contributed by atoms with Gasteiger partial charge in [0.15, 0.2) is 5.50 Å². The number of hydrogen-bond donors (Lipinski definition) is 0. The minimum absolute atomic E-state index is 0.0467. The van der Waals surface area contributed by atoms with E-state index >= 15 is 0 Å². The van der Waals surface area contributed by atoms with E-state index < -0.39 is 0 Å². The molecule has 1 aliphatic heterocycles. The van der Waals surface area contributed by atoms with Crippen LogP contribution in [0.4, 0.5) is 11.4 Å². The molecule has 0 amide bonds. The van der Waals surface area contributed by atoms with Gasteiger partial charge >= 0.3 is 0 Å². The Balaban J connectivity index is 1.61. The Kier molecular flexibility index (Phi) is 5.20. The van der Waals surface area contributed by atoms with Crippen molar-refractivity contribution >= 4 is 23.1 Å². The van der Waals surface area contributed by atoms with E-state index in [1.165, 1.54) is 16.2 Å². The first-order valence-electron chi connectivity index (χ1n) is 7.95. The van der Waals surface area contributed by atoms with Crippen LogP contribution >= 0.6 is 11.8 Å². The number of benzene rings is 2. The van der Waals surface area contributed by atoms with E-state index in [1.54, 1.807) is 11.8 Å². The van der Waals surface area contributed by atoms with Crippen LogP contribution in [0, 0.1) is 0 Å². The number of hydrogen-bond acceptors (Lipinski definition) is 5. The van der Waals surface area contributed by atoms with E-state index in [1.807, 2.05) is 25.2 Å². The van der Waals surface area contributed by atoms with Crippen LogP contribution in [0.1, 0.15) is 12.5 Å². The van der Waals surface area contributed by atoms with Crippen LogP contribution in [-0.2, 0) is 6.54 Å². The van der Waals surface area contributed by atoms with Crippen molar-refractivity contribution in [2.24, 2.45) is 10.2 Å². The van der Waals surface area contributed by atoms with Gasteiger partial charge in [0.2, 0.25) is 0 Å².